The number of rotatable bonds is 3. The average molecular weight is 269 g/mol. The average Bonchev–Trinajstić information content (AvgIpc) is 2.57. The number of carbonyl (C=O) groups excluding carboxylic acids is 1. The van der Waals surface area contributed by atoms with Crippen LogP contribution in [0.15, 0.2) is 24.3 Å². The molecular formula is C12H12FNO3S. The maximum atomic E-state index is 13.7. The third-order valence-corrected chi connectivity index (χ3v) is 4.10. The fourth-order valence-electron chi connectivity index (χ4n) is 1.90. The summed E-state index contributed by atoms with van der Waals surface area (Å²) >= 11 is 1.26. The molecule has 0 radical (unpaired) electrons. The van der Waals surface area contributed by atoms with Crippen LogP contribution in [0.5, 0.6) is 0 Å². The van der Waals surface area contributed by atoms with Crippen molar-refractivity contribution in [2.75, 3.05) is 6.54 Å². The number of carbonyl (C=O) groups is 2. The first kappa shape index (κ1) is 12.9. The lowest BCUT2D eigenvalue weighted by molar-refractivity contribution is -0.144. The number of aliphatic carboxylic acids is 1. The van der Waals surface area contributed by atoms with E-state index in [9.17, 15) is 14.0 Å². The lowest BCUT2D eigenvalue weighted by Crippen LogP contribution is -2.35. The second-order valence-corrected chi connectivity index (χ2v) is 5.44. The molecule has 1 amide bonds. The van der Waals surface area contributed by atoms with Gasteiger partial charge < -0.3 is 10.0 Å². The Balaban J connectivity index is 2.34. The summed E-state index contributed by atoms with van der Waals surface area (Å²) < 4.78 is 13.7. The molecule has 1 aliphatic heterocycles. The second kappa shape index (κ2) is 4.97. The maximum absolute atomic E-state index is 13.7. The molecule has 1 saturated heterocycles. The Morgan fingerprint density at radius 3 is 2.78 bits per heavy atom. The summed E-state index contributed by atoms with van der Waals surface area (Å²) in [6.45, 7) is 1.29. The normalized spacial score (nSPS) is 23.4. The number of carboxylic acid groups (broad SMARTS) is 1. The van der Waals surface area contributed by atoms with Crippen molar-refractivity contribution in [3.05, 3.63) is 35.6 Å². The number of hydrogen-bond donors (Lipinski definition) is 1. The van der Waals surface area contributed by atoms with Gasteiger partial charge in [-0.25, -0.2) is 4.39 Å². The lowest BCUT2D eigenvalue weighted by Gasteiger charge is -2.22. The van der Waals surface area contributed by atoms with E-state index in [1.807, 2.05) is 0 Å². The standard InChI is InChI=1S/C12H12FNO3S/c1-7-11(17)14(6-10(15)16)12(18-7)8-4-2-3-5-9(8)13/h2-5,7,12H,6H2,1H3,(H,15,16)/t7-,12+/m1/s1. The van der Waals surface area contributed by atoms with Gasteiger partial charge in [-0.1, -0.05) is 18.2 Å². The van der Waals surface area contributed by atoms with E-state index in [0.717, 1.165) is 0 Å². The highest BCUT2D eigenvalue weighted by atomic mass is 32.2. The summed E-state index contributed by atoms with van der Waals surface area (Å²) in [5.41, 5.74) is 0.349. The molecule has 0 aliphatic carbocycles. The van der Waals surface area contributed by atoms with Gasteiger partial charge in [0.05, 0.1) is 5.25 Å². The van der Waals surface area contributed by atoms with Gasteiger partial charge in [0.1, 0.15) is 17.7 Å². The van der Waals surface area contributed by atoms with Crippen LogP contribution >= 0.6 is 11.8 Å². The third kappa shape index (κ3) is 2.33. The Morgan fingerprint density at radius 2 is 2.17 bits per heavy atom. The van der Waals surface area contributed by atoms with Crippen molar-refractivity contribution in [2.45, 2.75) is 17.5 Å². The van der Waals surface area contributed by atoms with Crippen LogP contribution in [0.25, 0.3) is 0 Å². The number of halogens is 1. The highest BCUT2D eigenvalue weighted by Crippen LogP contribution is 2.43. The van der Waals surface area contributed by atoms with Gasteiger partial charge >= 0.3 is 5.97 Å². The molecular weight excluding hydrogens is 257 g/mol. The Bertz CT molecular complexity index is 494. The highest BCUT2D eigenvalue weighted by molar-refractivity contribution is 8.01. The summed E-state index contributed by atoms with van der Waals surface area (Å²) in [6.07, 6.45) is 0. The Labute approximate surface area is 108 Å². The Hall–Kier alpha value is -1.56. The Kier molecular flexibility index (Phi) is 3.56. The first-order valence-electron chi connectivity index (χ1n) is 5.43. The topological polar surface area (TPSA) is 57.6 Å². The first-order chi connectivity index (χ1) is 8.50. The van der Waals surface area contributed by atoms with Crippen molar-refractivity contribution >= 4 is 23.6 Å². The van der Waals surface area contributed by atoms with E-state index in [0.29, 0.717) is 5.56 Å². The number of thioether (sulfide) groups is 1. The third-order valence-electron chi connectivity index (χ3n) is 2.72. The van der Waals surface area contributed by atoms with E-state index in [4.69, 9.17) is 5.11 Å². The summed E-state index contributed by atoms with van der Waals surface area (Å²) in [7, 11) is 0. The van der Waals surface area contributed by atoms with Crippen LogP contribution in [0.4, 0.5) is 4.39 Å². The Morgan fingerprint density at radius 1 is 1.50 bits per heavy atom. The van der Waals surface area contributed by atoms with E-state index in [2.05, 4.69) is 0 Å². The van der Waals surface area contributed by atoms with Crippen LogP contribution in [0.1, 0.15) is 17.9 Å². The van der Waals surface area contributed by atoms with Crippen LogP contribution in [0.2, 0.25) is 0 Å². The largest absolute Gasteiger partial charge is 0.480 e. The van der Waals surface area contributed by atoms with Gasteiger partial charge in [-0.05, 0) is 13.0 Å². The molecule has 2 rings (SSSR count). The SMILES string of the molecule is C[C@H]1S[C@@H](c2ccccc2F)N(CC(=O)O)C1=O. The molecule has 0 aromatic heterocycles. The number of benzene rings is 1. The maximum Gasteiger partial charge on any atom is 0.323 e. The number of nitrogens with zero attached hydrogens (tertiary/aromatic N) is 1. The molecule has 1 aromatic carbocycles. The molecule has 1 fully saturated rings. The molecule has 0 unspecified atom stereocenters. The van der Waals surface area contributed by atoms with Crippen LogP contribution in [0.3, 0.4) is 0 Å². The molecule has 0 saturated carbocycles. The molecule has 96 valence electrons. The summed E-state index contributed by atoms with van der Waals surface area (Å²) in [6, 6.07) is 6.12. The molecule has 1 heterocycles. The van der Waals surface area contributed by atoms with Crippen molar-refractivity contribution < 1.29 is 19.1 Å². The fourth-order valence-corrected chi connectivity index (χ4v) is 3.20. The molecule has 1 N–H and O–H groups in total. The predicted octanol–water partition coefficient (Wildman–Crippen LogP) is 1.87. The van der Waals surface area contributed by atoms with E-state index in [1.54, 1.807) is 25.1 Å². The molecule has 0 bridgehead atoms. The van der Waals surface area contributed by atoms with Gasteiger partial charge in [-0.2, -0.15) is 0 Å². The molecule has 1 aromatic rings. The summed E-state index contributed by atoms with van der Waals surface area (Å²) in [4.78, 5) is 23.8. The minimum absolute atomic E-state index is 0.268. The van der Waals surface area contributed by atoms with Crippen molar-refractivity contribution in [1.82, 2.24) is 4.90 Å². The molecule has 6 heteroatoms. The molecule has 4 nitrogen and oxygen atoms in total. The predicted molar refractivity (Wildman–Crippen MR) is 65.5 cm³/mol. The monoisotopic (exact) mass is 269 g/mol. The zero-order valence-corrected chi connectivity index (χ0v) is 10.5. The summed E-state index contributed by atoms with van der Waals surface area (Å²) in [5, 5.41) is 7.90. The summed E-state index contributed by atoms with van der Waals surface area (Å²) in [5.74, 6) is -1.79. The van der Waals surface area contributed by atoms with E-state index in [-0.39, 0.29) is 11.2 Å². The van der Waals surface area contributed by atoms with Crippen LogP contribution < -0.4 is 0 Å². The quantitative estimate of drug-likeness (QED) is 0.910. The number of carboxylic acids is 1. The van der Waals surface area contributed by atoms with E-state index < -0.39 is 23.7 Å². The van der Waals surface area contributed by atoms with Gasteiger partial charge in [0.15, 0.2) is 0 Å². The van der Waals surface area contributed by atoms with Crippen molar-refractivity contribution in [2.24, 2.45) is 0 Å². The minimum atomic E-state index is -1.10. The van der Waals surface area contributed by atoms with Gasteiger partial charge in [0.25, 0.3) is 0 Å². The van der Waals surface area contributed by atoms with Crippen LogP contribution in [-0.4, -0.2) is 33.7 Å². The fraction of sp³-hybridized carbons (Fsp3) is 0.333. The van der Waals surface area contributed by atoms with Crippen molar-refractivity contribution in [3.63, 3.8) is 0 Å². The smallest absolute Gasteiger partial charge is 0.323 e. The van der Waals surface area contributed by atoms with Crippen molar-refractivity contribution in [1.29, 1.82) is 0 Å². The molecule has 0 spiro atoms. The lowest BCUT2D eigenvalue weighted by atomic mass is 10.2. The van der Waals surface area contributed by atoms with Gasteiger partial charge in [-0.15, -0.1) is 11.8 Å². The zero-order chi connectivity index (χ0) is 13.3. The number of amides is 1. The first-order valence-corrected chi connectivity index (χ1v) is 6.37. The van der Waals surface area contributed by atoms with Crippen LogP contribution in [0, 0.1) is 5.82 Å². The van der Waals surface area contributed by atoms with Gasteiger partial charge in [0, 0.05) is 5.56 Å². The molecule has 2 atom stereocenters. The van der Waals surface area contributed by atoms with Gasteiger partial charge in [0.2, 0.25) is 5.91 Å². The minimum Gasteiger partial charge on any atom is -0.480 e. The van der Waals surface area contributed by atoms with Crippen molar-refractivity contribution in [3.8, 4) is 0 Å². The second-order valence-electron chi connectivity index (χ2n) is 4.01. The zero-order valence-electron chi connectivity index (χ0n) is 9.67. The number of hydrogen-bond acceptors (Lipinski definition) is 3. The molecule has 1 aliphatic rings. The van der Waals surface area contributed by atoms with Gasteiger partial charge in [-0.3, -0.25) is 9.59 Å². The van der Waals surface area contributed by atoms with Crippen LogP contribution in [-0.2, 0) is 9.59 Å². The molecule has 18 heavy (non-hydrogen) atoms. The van der Waals surface area contributed by atoms with E-state index in [1.165, 1.54) is 22.7 Å². The highest BCUT2D eigenvalue weighted by Gasteiger charge is 2.40. The van der Waals surface area contributed by atoms with E-state index >= 15 is 0 Å².